The summed E-state index contributed by atoms with van der Waals surface area (Å²) in [6.45, 7) is 0. The fourth-order valence-corrected chi connectivity index (χ4v) is 14.1. The van der Waals surface area contributed by atoms with Crippen molar-refractivity contribution in [1.82, 2.24) is 0 Å². The molecule has 1 heterocycles. The Kier molecular flexibility index (Phi) is 2.79. The third kappa shape index (κ3) is 1.44. The Morgan fingerprint density at radius 1 is 0.750 bits per heavy atom. The molecular formula is C7H10S5. The van der Waals surface area contributed by atoms with Crippen LogP contribution in [0.4, 0.5) is 0 Å². The topological polar surface area (TPSA) is 0 Å². The van der Waals surface area contributed by atoms with Gasteiger partial charge in [0.1, 0.15) is 0 Å². The predicted molar refractivity (Wildman–Crippen MR) is 66.4 cm³/mol. The lowest BCUT2D eigenvalue weighted by molar-refractivity contribution is 0.507. The van der Waals surface area contributed by atoms with Gasteiger partial charge in [-0.1, -0.05) is 21.6 Å². The maximum Gasteiger partial charge on any atom is 0.0318 e. The molecule has 2 aliphatic carbocycles. The zero-order valence-electron chi connectivity index (χ0n) is 6.47. The molecule has 2 bridgehead atoms. The van der Waals surface area contributed by atoms with Gasteiger partial charge in [0, 0.05) is 10.5 Å². The van der Waals surface area contributed by atoms with Crippen molar-refractivity contribution in [3.05, 3.63) is 0 Å². The summed E-state index contributed by atoms with van der Waals surface area (Å²) in [6, 6.07) is 0. The molecule has 5 heteroatoms. The van der Waals surface area contributed by atoms with E-state index in [1.54, 1.807) is 6.42 Å². The van der Waals surface area contributed by atoms with Crippen LogP contribution < -0.4 is 0 Å². The fraction of sp³-hybridized carbons (Fsp3) is 1.00. The van der Waals surface area contributed by atoms with Gasteiger partial charge < -0.3 is 0 Å². The number of fused-ring (bicyclic) bond motifs is 5. The van der Waals surface area contributed by atoms with E-state index in [4.69, 9.17) is 0 Å². The molecule has 12 heavy (non-hydrogen) atoms. The van der Waals surface area contributed by atoms with Crippen molar-refractivity contribution in [2.24, 2.45) is 11.8 Å². The first kappa shape index (κ1) is 9.01. The predicted octanol–water partition coefficient (Wildman–Crippen LogP) is 4.49. The van der Waals surface area contributed by atoms with Crippen LogP contribution in [0.25, 0.3) is 0 Å². The number of hydrogen-bond donors (Lipinski definition) is 0. The molecular weight excluding hydrogens is 244 g/mol. The molecule has 0 spiro atoms. The first-order valence-electron chi connectivity index (χ1n) is 4.27. The first-order chi connectivity index (χ1) is 5.95. The van der Waals surface area contributed by atoms with Gasteiger partial charge >= 0.3 is 0 Å². The molecule has 0 radical (unpaired) electrons. The van der Waals surface area contributed by atoms with E-state index in [1.807, 2.05) is 29.5 Å². The largest absolute Gasteiger partial charge is 0.0768 e. The normalized spacial score (nSPS) is 52.0. The van der Waals surface area contributed by atoms with Gasteiger partial charge in [-0.3, -0.25) is 0 Å². The van der Waals surface area contributed by atoms with E-state index in [2.05, 4.69) is 21.6 Å². The Labute approximate surface area is 92.1 Å². The second-order valence-electron chi connectivity index (χ2n) is 3.66. The Bertz CT molecular complexity index is 167. The number of hydrogen-bond acceptors (Lipinski definition) is 5. The highest BCUT2D eigenvalue weighted by Gasteiger charge is 2.49. The standard InChI is InChI=1S/C7H10S5/c1-2-5-3-4(1)6-7(5)9-11-12-10-8-6/h4-7H,1-3H2. The molecule has 3 rings (SSSR count). The van der Waals surface area contributed by atoms with Crippen LogP contribution >= 0.6 is 51.1 Å². The van der Waals surface area contributed by atoms with E-state index < -0.39 is 0 Å². The highest BCUT2D eigenvalue weighted by Crippen LogP contribution is 2.65. The number of rotatable bonds is 0. The van der Waals surface area contributed by atoms with Gasteiger partial charge in [-0.25, -0.2) is 0 Å². The Hall–Kier alpha value is 1.75. The molecule has 0 aromatic rings. The molecule has 3 aliphatic rings. The minimum Gasteiger partial charge on any atom is -0.0768 e. The smallest absolute Gasteiger partial charge is 0.0318 e. The summed E-state index contributed by atoms with van der Waals surface area (Å²) < 4.78 is 0. The fourth-order valence-electron chi connectivity index (χ4n) is 2.59. The Morgan fingerprint density at radius 3 is 1.92 bits per heavy atom. The maximum atomic E-state index is 2.16. The molecule has 0 N–H and O–H groups in total. The third-order valence-electron chi connectivity index (χ3n) is 3.12. The summed E-state index contributed by atoms with van der Waals surface area (Å²) in [7, 11) is 10.3. The molecule has 4 atom stereocenters. The van der Waals surface area contributed by atoms with Crippen molar-refractivity contribution in [3.63, 3.8) is 0 Å². The zero-order chi connectivity index (χ0) is 7.97. The molecule has 0 aromatic carbocycles. The maximum absolute atomic E-state index is 2.16. The third-order valence-corrected chi connectivity index (χ3v) is 12.9. The monoisotopic (exact) mass is 254 g/mol. The minimum absolute atomic E-state index is 0.987. The SMILES string of the molecule is C1CC2CC1C1SSSSSC21. The molecule has 0 amide bonds. The summed E-state index contributed by atoms with van der Waals surface area (Å²) >= 11 is 0. The van der Waals surface area contributed by atoms with Crippen LogP contribution in [0.15, 0.2) is 0 Å². The van der Waals surface area contributed by atoms with Gasteiger partial charge in [0.2, 0.25) is 0 Å². The molecule has 68 valence electrons. The van der Waals surface area contributed by atoms with Crippen LogP contribution in [0.5, 0.6) is 0 Å². The van der Waals surface area contributed by atoms with Crippen molar-refractivity contribution in [2.45, 2.75) is 29.8 Å². The van der Waals surface area contributed by atoms with Crippen LogP contribution in [0, 0.1) is 11.8 Å². The van der Waals surface area contributed by atoms with Crippen LogP contribution in [0.1, 0.15) is 19.3 Å². The first-order valence-corrected chi connectivity index (χ1v) is 10.5. The average molecular weight is 254 g/mol. The lowest BCUT2D eigenvalue weighted by Gasteiger charge is -2.26. The van der Waals surface area contributed by atoms with Crippen LogP contribution in [-0.2, 0) is 0 Å². The van der Waals surface area contributed by atoms with E-state index in [-0.39, 0.29) is 0 Å². The summed E-state index contributed by atoms with van der Waals surface area (Å²) in [5.74, 6) is 2.15. The molecule has 2 saturated carbocycles. The summed E-state index contributed by atoms with van der Waals surface area (Å²) in [5.41, 5.74) is 0. The molecule has 0 nitrogen and oxygen atoms in total. The lowest BCUT2D eigenvalue weighted by atomic mass is 10.00. The highest BCUT2D eigenvalue weighted by atomic mass is 33.8. The molecule has 3 fully saturated rings. The van der Waals surface area contributed by atoms with E-state index in [9.17, 15) is 0 Å². The van der Waals surface area contributed by atoms with E-state index in [0.717, 1.165) is 22.3 Å². The van der Waals surface area contributed by atoms with Crippen molar-refractivity contribution in [1.29, 1.82) is 0 Å². The quantitative estimate of drug-likeness (QED) is 0.582. The lowest BCUT2D eigenvalue weighted by Crippen LogP contribution is -2.25. The molecule has 4 unspecified atom stereocenters. The van der Waals surface area contributed by atoms with Gasteiger partial charge in [0.05, 0.1) is 0 Å². The second-order valence-corrected chi connectivity index (χ2v) is 11.6. The van der Waals surface area contributed by atoms with Crippen molar-refractivity contribution < 1.29 is 0 Å². The second kappa shape index (κ2) is 3.72. The van der Waals surface area contributed by atoms with Crippen molar-refractivity contribution in [2.75, 3.05) is 0 Å². The summed E-state index contributed by atoms with van der Waals surface area (Å²) in [5, 5.41) is 1.97. The van der Waals surface area contributed by atoms with Gasteiger partial charge in [-0.2, -0.15) is 0 Å². The van der Waals surface area contributed by atoms with Gasteiger partial charge in [0.25, 0.3) is 0 Å². The van der Waals surface area contributed by atoms with E-state index in [0.29, 0.717) is 0 Å². The molecule has 0 aromatic heterocycles. The van der Waals surface area contributed by atoms with Gasteiger partial charge in [-0.05, 0) is 60.6 Å². The average Bonchev–Trinajstić information content (AvgIpc) is 2.58. The minimum atomic E-state index is 0.987. The Morgan fingerprint density at radius 2 is 1.33 bits per heavy atom. The van der Waals surface area contributed by atoms with Crippen molar-refractivity contribution >= 4 is 51.1 Å². The van der Waals surface area contributed by atoms with Crippen molar-refractivity contribution in [3.8, 4) is 0 Å². The van der Waals surface area contributed by atoms with E-state index in [1.165, 1.54) is 12.8 Å². The Balaban J connectivity index is 1.81. The zero-order valence-corrected chi connectivity index (χ0v) is 10.6. The summed E-state index contributed by atoms with van der Waals surface area (Å²) in [4.78, 5) is 0. The van der Waals surface area contributed by atoms with Crippen LogP contribution in [-0.4, -0.2) is 10.5 Å². The highest BCUT2D eigenvalue weighted by molar-refractivity contribution is 9.36. The van der Waals surface area contributed by atoms with Crippen LogP contribution in [0.3, 0.4) is 0 Å². The molecule has 1 saturated heterocycles. The summed E-state index contributed by atoms with van der Waals surface area (Å²) in [6.07, 6.45) is 4.59. The van der Waals surface area contributed by atoms with Gasteiger partial charge in [-0.15, -0.1) is 0 Å². The van der Waals surface area contributed by atoms with Gasteiger partial charge in [0.15, 0.2) is 0 Å². The molecule has 1 aliphatic heterocycles. The van der Waals surface area contributed by atoms with Crippen LogP contribution in [0.2, 0.25) is 0 Å². The van der Waals surface area contributed by atoms with E-state index >= 15 is 0 Å².